The molecule has 2 N–H and O–H groups in total. The van der Waals surface area contributed by atoms with Crippen LogP contribution in [-0.4, -0.2) is 27.1 Å². The van der Waals surface area contributed by atoms with Crippen molar-refractivity contribution in [2.75, 3.05) is 17.5 Å². The maximum Gasteiger partial charge on any atom is 0.252 e. The van der Waals surface area contributed by atoms with Gasteiger partial charge in [-0.05, 0) is 25.1 Å². The molecule has 1 rings (SSSR count). The van der Waals surface area contributed by atoms with Crippen LogP contribution in [0.3, 0.4) is 0 Å². The van der Waals surface area contributed by atoms with Crippen LogP contribution in [-0.2, 0) is 10.0 Å². The van der Waals surface area contributed by atoms with Gasteiger partial charge < -0.3 is 5.32 Å². The van der Waals surface area contributed by atoms with E-state index < -0.39 is 10.0 Å². The van der Waals surface area contributed by atoms with E-state index in [9.17, 15) is 13.2 Å². The third kappa shape index (κ3) is 3.61. The molecule has 0 aromatic heterocycles. The number of amides is 1. The Morgan fingerprint density at radius 2 is 2.06 bits per heavy atom. The number of carbonyl (C=O) groups excluding carboxylic acids is 1. The molecular formula is C10H13ClN2O3S. The Morgan fingerprint density at radius 1 is 1.41 bits per heavy atom. The van der Waals surface area contributed by atoms with Gasteiger partial charge in [-0.25, -0.2) is 8.42 Å². The van der Waals surface area contributed by atoms with Gasteiger partial charge in [-0.2, -0.15) is 0 Å². The molecule has 0 spiro atoms. The van der Waals surface area contributed by atoms with Crippen LogP contribution >= 0.6 is 11.6 Å². The van der Waals surface area contributed by atoms with E-state index in [4.69, 9.17) is 11.6 Å². The molecule has 0 radical (unpaired) electrons. The van der Waals surface area contributed by atoms with Gasteiger partial charge in [-0.15, -0.1) is 0 Å². The van der Waals surface area contributed by atoms with E-state index in [2.05, 4.69) is 10.0 Å². The lowest BCUT2D eigenvalue weighted by molar-refractivity contribution is 0.0963. The first-order valence-corrected chi connectivity index (χ1v) is 6.94. The number of hydrogen-bond donors (Lipinski definition) is 2. The second-order valence-corrected chi connectivity index (χ2v) is 5.70. The molecule has 7 heteroatoms. The highest BCUT2D eigenvalue weighted by atomic mass is 35.5. The third-order valence-corrected chi connectivity index (χ3v) is 3.73. The molecular weight excluding hydrogens is 264 g/mol. The first-order chi connectivity index (χ1) is 7.89. The number of sulfonamides is 1. The van der Waals surface area contributed by atoms with Gasteiger partial charge in [-0.1, -0.05) is 11.6 Å². The number of rotatable bonds is 4. The minimum absolute atomic E-state index is 0.0368. The lowest BCUT2D eigenvalue weighted by atomic mass is 10.2. The average Bonchev–Trinajstić information content (AvgIpc) is 2.30. The van der Waals surface area contributed by atoms with E-state index in [1.807, 2.05) is 0 Å². The first-order valence-electron chi connectivity index (χ1n) is 4.91. The summed E-state index contributed by atoms with van der Waals surface area (Å²) < 4.78 is 25.1. The second kappa shape index (κ2) is 5.37. The van der Waals surface area contributed by atoms with Gasteiger partial charge in [0.2, 0.25) is 10.0 Å². The zero-order valence-electron chi connectivity index (χ0n) is 9.45. The van der Waals surface area contributed by atoms with Gasteiger partial charge in [0, 0.05) is 12.7 Å². The SMILES string of the molecule is CCS(=O)(=O)Nc1ccc(Cl)c(C(=O)NC)c1. The Kier molecular flexibility index (Phi) is 4.36. The summed E-state index contributed by atoms with van der Waals surface area (Å²) in [6.45, 7) is 1.53. The van der Waals surface area contributed by atoms with Gasteiger partial charge in [0.25, 0.3) is 5.91 Å². The molecule has 0 atom stereocenters. The normalized spacial score (nSPS) is 11.0. The van der Waals surface area contributed by atoms with Crippen molar-refractivity contribution in [3.8, 4) is 0 Å². The minimum Gasteiger partial charge on any atom is -0.355 e. The van der Waals surface area contributed by atoms with Crippen LogP contribution in [0.4, 0.5) is 5.69 Å². The van der Waals surface area contributed by atoms with Gasteiger partial charge in [-0.3, -0.25) is 9.52 Å². The molecule has 0 saturated carbocycles. The fourth-order valence-corrected chi connectivity index (χ4v) is 1.98. The van der Waals surface area contributed by atoms with Gasteiger partial charge in [0.15, 0.2) is 0 Å². The molecule has 0 saturated heterocycles. The zero-order valence-corrected chi connectivity index (χ0v) is 11.0. The van der Waals surface area contributed by atoms with E-state index in [1.165, 1.54) is 32.2 Å². The third-order valence-electron chi connectivity index (χ3n) is 2.09. The summed E-state index contributed by atoms with van der Waals surface area (Å²) in [5, 5.41) is 2.69. The summed E-state index contributed by atoms with van der Waals surface area (Å²) in [6, 6.07) is 4.37. The Morgan fingerprint density at radius 3 is 2.59 bits per heavy atom. The summed E-state index contributed by atoms with van der Waals surface area (Å²) in [6.07, 6.45) is 0. The fraction of sp³-hybridized carbons (Fsp3) is 0.300. The Hall–Kier alpha value is -1.27. The topological polar surface area (TPSA) is 75.3 Å². The van der Waals surface area contributed by atoms with Crippen molar-refractivity contribution in [2.45, 2.75) is 6.92 Å². The summed E-state index contributed by atoms with van der Waals surface area (Å²) >= 11 is 5.84. The number of hydrogen-bond acceptors (Lipinski definition) is 3. The van der Waals surface area contributed by atoms with Crippen LogP contribution in [0.15, 0.2) is 18.2 Å². The monoisotopic (exact) mass is 276 g/mol. The fourth-order valence-electron chi connectivity index (χ4n) is 1.15. The summed E-state index contributed by atoms with van der Waals surface area (Å²) in [4.78, 5) is 11.4. The molecule has 0 bridgehead atoms. The molecule has 0 aliphatic rings. The number of nitrogens with one attached hydrogen (secondary N) is 2. The van der Waals surface area contributed by atoms with Crippen LogP contribution in [0.1, 0.15) is 17.3 Å². The maximum absolute atomic E-state index is 11.4. The quantitative estimate of drug-likeness (QED) is 0.874. The van der Waals surface area contributed by atoms with Crippen LogP contribution in [0.25, 0.3) is 0 Å². The van der Waals surface area contributed by atoms with Crippen molar-refractivity contribution in [3.05, 3.63) is 28.8 Å². The van der Waals surface area contributed by atoms with Crippen molar-refractivity contribution in [2.24, 2.45) is 0 Å². The predicted octanol–water partition coefficient (Wildman–Crippen LogP) is 1.46. The minimum atomic E-state index is -3.36. The average molecular weight is 277 g/mol. The van der Waals surface area contributed by atoms with E-state index in [0.29, 0.717) is 5.69 Å². The first kappa shape index (κ1) is 13.8. The van der Waals surface area contributed by atoms with Crippen molar-refractivity contribution in [3.63, 3.8) is 0 Å². The molecule has 1 aromatic rings. The summed E-state index contributed by atoms with van der Waals surface area (Å²) in [5.41, 5.74) is 0.542. The van der Waals surface area contributed by atoms with Crippen molar-refractivity contribution in [1.29, 1.82) is 0 Å². The maximum atomic E-state index is 11.4. The van der Waals surface area contributed by atoms with Crippen LogP contribution < -0.4 is 10.0 Å². The van der Waals surface area contributed by atoms with Gasteiger partial charge in [0.1, 0.15) is 0 Å². The molecule has 0 heterocycles. The van der Waals surface area contributed by atoms with Crippen molar-refractivity contribution in [1.82, 2.24) is 5.32 Å². The lowest BCUT2D eigenvalue weighted by Crippen LogP contribution is -2.19. The molecule has 1 aromatic carbocycles. The molecule has 0 aliphatic heterocycles. The summed E-state index contributed by atoms with van der Waals surface area (Å²) in [7, 11) is -1.89. The number of anilines is 1. The van der Waals surface area contributed by atoms with Crippen LogP contribution in [0.2, 0.25) is 5.02 Å². The van der Waals surface area contributed by atoms with E-state index in [1.54, 1.807) is 0 Å². The zero-order chi connectivity index (χ0) is 13.1. The second-order valence-electron chi connectivity index (χ2n) is 3.28. The van der Waals surface area contributed by atoms with Crippen LogP contribution in [0.5, 0.6) is 0 Å². The molecule has 5 nitrogen and oxygen atoms in total. The molecule has 0 fully saturated rings. The van der Waals surface area contributed by atoms with E-state index in [0.717, 1.165) is 0 Å². The highest BCUT2D eigenvalue weighted by molar-refractivity contribution is 7.92. The Bertz CT molecular complexity index is 528. The smallest absolute Gasteiger partial charge is 0.252 e. The largest absolute Gasteiger partial charge is 0.355 e. The summed E-state index contributed by atoms with van der Waals surface area (Å²) in [5.74, 6) is -0.405. The molecule has 0 aliphatic carbocycles. The number of carbonyl (C=O) groups is 1. The predicted molar refractivity (Wildman–Crippen MR) is 67.9 cm³/mol. The lowest BCUT2D eigenvalue weighted by Gasteiger charge is -2.08. The highest BCUT2D eigenvalue weighted by Gasteiger charge is 2.12. The molecule has 17 heavy (non-hydrogen) atoms. The highest BCUT2D eigenvalue weighted by Crippen LogP contribution is 2.21. The van der Waals surface area contributed by atoms with Gasteiger partial charge in [0.05, 0.1) is 16.3 Å². The van der Waals surface area contributed by atoms with Crippen LogP contribution in [0, 0.1) is 0 Å². The van der Waals surface area contributed by atoms with E-state index >= 15 is 0 Å². The molecule has 94 valence electrons. The number of halogens is 1. The van der Waals surface area contributed by atoms with Crippen molar-refractivity contribution >= 4 is 33.2 Å². The number of benzene rings is 1. The Balaban J connectivity index is 3.09. The van der Waals surface area contributed by atoms with Crippen molar-refractivity contribution < 1.29 is 13.2 Å². The Labute approximate surface area is 105 Å². The van der Waals surface area contributed by atoms with E-state index in [-0.39, 0.29) is 22.2 Å². The molecule has 1 amide bonds. The van der Waals surface area contributed by atoms with Gasteiger partial charge >= 0.3 is 0 Å². The molecule has 0 unspecified atom stereocenters. The standard InChI is InChI=1S/C10H13ClN2O3S/c1-3-17(15,16)13-7-4-5-9(11)8(6-7)10(14)12-2/h4-6,13H,3H2,1-2H3,(H,12,14).